The first-order chi connectivity index (χ1) is 9.76. The molecule has 2 atom stereocenters. The Kier molecular flexibility index (Phi) is 3.96. The molecule has 106 valence electrons. The van der Waals surface area contributed by atoms with Crippen molar-refractivity contribution >= 4 is 34.2 Å². The van der Waals surface area contributed by atoms with Crippen molar-refractivity contribution in [1.82, 2.24) is 9.97 Å². The number of hydrogen-bond acceptors (Lipinski definition) is 5. The molecule has 1 heterocycles. The predicted octanol–water partition coefficient (Wildman–Crippen LogP) is 3.30. The van der Waals surface area contributed by atoms with Gasteiger partial charge in [-0.15, -0.1) is 0 Å². The minimum Gasteiger partial charge on any atom is -0.399 e. The molecule has 1 fully saturated rings. The number of nitrogens with two attached hydrogens (primary N) is 1. The third-order valence-corrected chi connectivity index (χ3v) is 5.05. The zero-order chi connectivity index (χ0) is 13.9. The van der Waals surface area contributed by atoms with Crippen LogP contribution >= 0.6 is 11.8 Å². The van der Waals surface area contributed by atoms with Gasteiger partial charge in [-0.25, -0.2) is 9.97 Å². The minimum atomic E-state index is 0.501. The number of nitrogen functional groups attached to an aromatic ring is 1. The fraction of sp³-hybridized carbons (Fsp3) is 0.467. The van der Waals surface area contributed by atoms with E-state index in [1.54, 1.807) is 6.33 Å². The second-order valence-electron chi connectivity index (χ2n) is 5.36. The van der Waals surface area contributed by atoms with E-state index in [0.29, 0.717) is 6.04 Å². The summed E-state index contributed by atoms with van der Waals surface area (Å²) in [5, 5.41) is 5.37. The molecule has 0 spiro atoms. The van der Waals surface area contributed by atoms with Crippen LogP contribution in [-0.2, 0) is 0 Å². The summed E-state index contributed by atoms with van der Waals surface area (Å²) in [5.74, 6) is 0.911. The van der Waals surface area contributed by atoms with Gasteiger partial charge in [-0.05, 0) is 43.7 Å². The lowest BCUT2D eigenvalue weighted by molar-refractivity contribution is 0.473. The molecule has 0 bridgehead atoms. The van der Waals surface area contributed by atoms with Crippen molar-refractivity contribution in [1.29, 1.82) is 0 Å². The Hall–Kier alpha value is -1.49. The SMILES string of the molecule is CSC1CCCC(Nc2ncnc3ccc(N)cc23)C1. The third-order valence-electron chi connectivity index (χ3n) is 3.96. The van der Waals surface area contributed by atoms with Crippen LogP contribution in [-0.4, -0.2) is 27.5 Å². The molecule has 0 radical (unpaired) electrons. The van der Waals surface area contributed by atoms with Gasteiger partial charge in [0.2, 0.25) is 0 Å². The maximum Gasteiger partial charge on any atom is 0.137 e. The number of anilines is 2. The van der Waals surface area contributed by atoms with E-state index in [-0.39, 0.29) is 0 Å². The summed E-state index contributed by atoms with van der Waals surface area (Å²) in [5.41, 5.74) is 7.57. The van der Waals surface area contributed by atoms with Crippen molar-refractivity contribution in [3.05, 3.63) is 24.5 Å². The molecule has 3 N–H and O–H groups in total. The molecule has 1 aromatic carbocycles. The lowest BCUT2D eigenvalue weighted by Crippen LogP contribution is -2.29. The number of nitrogens with zero attached hydrogens (tertiary/aromatic N) is 2. The Morgan fingerprint density at radius 2 is 2.20 bits per heavy atom. The molecule has 4 nitrogen and oxygen atoms in total. The van der Waals surface area contributed by atoms with Gasteiger partial charge in [-0.2, -0.15) is 11.8 Å². The Bertz CT molecular complexity index is 601. The summed E-state index contributed by atoms with van der Waals surface area (Å²) in [6.07, 6.45) is 8.86. The monoisotopic (exact) mass is 288 g/mol. The number of aromatic nitrogens is 2. The van der Waals surface area contributed by atoms with Gasteiger partial charge >= 0.3 is 0 Å². The summed E-state index contributed by atoms with van der Waals surface area (Å²) in [7, 11) is 0. The van der Waals surface area contributed by atoms with Gasteiger partial charge in [0.25, 0.3) is 0 Å². The molecule has 0 amide bonds. The van der Waals surface area contributed by atoms with E-state index in [4.69, 9.17) is 5.73 Å². The van der Waals surface area contributed by atoms with Crippen LogP contribution in [0.2, 0.25) is 0 Å². The lowest BCUT2D eigenvalue weighted by atomic mass is 9.95. The van der Waals surface area contributed by atoms with Crippen molar-refractivity contribution in [2.75, 3.05) is 17.3 Å². The first kappa shape index (κ1) is 13.5. The normalized spacial score (nSPS) is 22.9. The van der Waals surface area contributed by atoms with Crippen LogP contribution in [0.4, 0.5) is 11.5 Å². The van der Waals surface area contributed by atoms with E-state index in [1.165, 1.54) is 25.7 Å². The first-order valence-corrected chi connectivity index (χ1v) is 8.34. The first-order valence-electron chi connectivity index (χ1n) is 7.06. The minimum absolute atomic E-state index is 0.501. The molecule has 1 aliphatic carbocycles. The Morgan fingerprint density at radius 3 is 3.05 bits per heavy atom. The molecular formula is C15H20N4S. The van der Waals surface area contributed by atoms with Crippen LogP contribution in [0.3, 0.4) is 0 Å². The van der Waals surface area contributed by atoms with Crippen molar-refractivity contribution in [2.24, 2.45) is 0 Å². The highest BCUT2D eigenvalue weighted by Gasteiger charge is 2.21. The Labute approximate surface area is 123 Å². The van der Waals surface area contributed by atoms with Gasteiger partial charge in [0.1, 0.15) is 12.1 Å². The van der Waals surface area contributed by atoms with E-state index in [9.17, 15) is 0 Å². The zero-order valence-electron chi connectivity index (χ0n) is 11.7. The molecule has 2 aromatic rings. The van der Waals surface area contributed by atoms with Crippen molar-refractivity contribution < 1.29 is 0 Å². The maximum absolute atomic E-state index is 5.88. The average Bonchev–Trinajstić information content (AvgIpc) is 2.48. The number of fused-ring (bicyclic) bond motifs is 1. The van der Waals surface area contributed by atoms with Gasteiger partial charge < -0.3 is 11.1 Å². The van der Waals surface area contributed by atoms with Gasteiger partial charge in [0.15, 0.2) is 0 Å². The van der Waals surface area contributed by atoms with Crippen LogP contribution < -0.4 is 11.1 Å². The molecule has 3 rings (SSSR count). The molecule has 1 saturated carbocycles. The van der Waals surface area contributed by atoms with E-state index >= 15 is 0 Å². The van der Waals surface area contributed by atoms with E-state index < -0.39 is 0 Å². The lowest BCUT2D eigenvalue weighted by Gasteiger charge is -2.29. The van der Waals surface area contributed by atoms with E-state index in [0.717, 1.165) is 27.7 Å². The Balaban J connectivity index is 1.85. The highest BCUT2D eigenvalue weighted by atomic mass is 32.2. The van der Waals surface area contributed by atoms with Crippen molar-refractivity contribution in [2.45, 2.75) is 37.0 Å². The van der Waals surface area contributed by atoms with Crippen LogP contribution in [0.5, 0.6) is 0 Å². The van der Waals surface area contributed by atoms with Crippen molar-refractivity contribution in [3.63, 3.8) is 0 Å². The molecule has 20 heavy (non-hydrogen) atoms. The molecule has 1 aromatic heterocycles. The van der Waals surface area contributed by atoms with Crippen LogP contribution in [0.1, 0.15) is 25.7 Å². The van der Waals surface area contributed by atoms with Crippen LogP contribution in [0.15, 0.2) is 24.5 Å². The smallest absolute Gasteiger partial charge is 0.137 e. The number of benzene rings is 1. The average molecular weight is 288 g/mol. The molecule has 0 saturated heterocycles. The standard InChI is InChI=1S/C15H20N4S/c1-20-12-4-2-3-11(8-12)19-15-13-7-10(16)5-6-14(13)17-9-18-15/h5-7,9,11-12H,2-4,8,16H2,1H3,(H,17,18,19). The number of nitrogens with one attached hydrogen (secondary N) is 1. The highest BCUT2D eigenvalue weighted by Crippen LogP contribution is 2.30. The second kappa shape index (κ2) is 5.87. The summed E-state index contributed by atoms with van der Waals surface area (Å²) in [6, 6.07) is 6.28. The zero-order valence-corrected chi connectivity index (χ0v) is 12.5. The molecular weight excluding hydrogens is 268 g/mol. The fourth-order valence-electron chi connectivity index (χ4n) is 2.87. The largest absolute Gasteiger partial charge is 0.399 e. The maximum atomic E-state index is 5.88. The summed E-state index contributed by atoms with van der Waals surface area (Å²) in [6.45, 7) is 0. The van der Waals surface area contributed by atoms with Crippen molar-refractivity contribution in [3.8, 4) is 0 Å². The predicted molar refractivity (Wildman–Crippen MR) is 87.1 cm³/mol. The Morgan fingerprint density at radius 1 is 1.30 bits per heavy atom. The fourth-order valence-corrected chi connectivity index (χ4v) is 3.70. The van der Waals surface area contributed by atoms with Gasteiger partial charge in [0, 0.05) is 22.4 Å². The van der Waals surface area contributed by atoms with Gasteiger partial charge in [-0.3, -0.25) is 0 Å². The second-order valence-corrected chi connectivity index (χ2v) is 6.50. The number of thioether (sulfide) groups is 1. The van der Waals surface area contributed by atoms with Gasteiger partial charge in [0.05, 0.1) is 5.52 Å². The molecule has 1 aliphatic rings. The number of hydrogen-bond donors (Lipinski definition) is 2. The summed E-state index contributed by atoms with van der Waals surface area (Å²) >= 11 is 1.97. The number of rotatable bonds is 3. The quantitative estimate of drug-likeness (QED) is 0.848. The van der Waals surface area contributed by atoms with E-state index in [2.05, 4.69) is 21.5 Å². The van der Waals surface area contributed by atoms with Crippen LogP contribution in [0, 0.1) is 0 Å². The highest BCUT2D eigenvalue weighted by molar-refractivity contribution is 7.99. The molecule has 5 heteroatoms. The topological polar surface area (TPSA) is 63.8 Å². The van der Waals surface area contributed by atoms with Crippen LogP contribution in [0.25, 0.3) is 10.9 Å². The molecule has 2 unspecified atom stereocenters. The molecule has 0 aliphatic heterocycles. The van der Waals surface area contributed by atoms with E-state index in [1.807, 2.05) is 30.0 Å². The van der Waals surface area contributed by atoms with Gasteiger partial charge in [-0.1, -0.05) is 6.42 Å². The summed E-state index contributed by atoms with van der Waals surface area (Å²) in [4.78, 5) is 8.70. The summed E-state index contributed by atoms with van der Waals surface area (Å²) < 4.78 is 0. The third kappa shape index (κ3) is 2.82.